The fraction of sp³-hybridized carbons (Fsp3) is 0.312. The van der Waals surface area contributed by atoms with Crippen molar-refractivity contribution < 1.29 is 13.2 Å². The van der Waals surface area contributed by atoms with Crippen molar-refractivity contribution in [2.75, 3.05) is 0 Å². The van der Waals surface area contributed by atoms with Crippen LogP contribution in [0.25, 0.3) is 0 Å². The summed E-state index contributed by atoms with van der Waals surface area (Å²) in [6.45, 7) is 3.92. The molecule has 7 heteroatoms. The third-order valence-corrected chi connectivity index (χ3v) is 4.54. The van der Waals surface area contributed by atoms with Gasteiger partial charge in [0, 0.05) is 25.9 Å². The largest absolute Gasteiger partial charge is 0.491 e. The molecule has 0 aliphatic heterocycles. The molecule has 0 atom stereocenters. The van der Waals surface area contributed by atoms with E-state index in [0.29, 0.717) is 11.3 Å². The number of hydrogen-bond donors (Lipinski definition) is 1. The molecule has 2 aromatic rings. The Hall–Kier alpha value is -2.12. The van der Waals surface area contributed by atoms with Crippen molar-refractivity contribution in [2.24, 2.45) is 7.05 Å². The number of sulfonamides is 1. The van der Waals surface area contributed by atoms with Gasteiger partial charge in [-0.2, -0.15) is 0 Å². The Morgan fingerprint density at radius 1 is 1.13 bits per heavy atom. The topological polar surface area (TPSA) is 77.4 Å². The van der Waals surface area contributed by atoms with Gasteiger partial charge in [-0.15, -0.1) is 0 Å². The lowest BCUT2D eigenvalue weighted by atomic mass is 10.3. The van der Waals surface area contributed by atoms with Gasteiger partial charge < -0.3 is 9.30 Å². The number of hydrogen-bond acceptors (Lipinski definition) is 4. The summed E-state index contributed by atoms with van der Waals surface area (Å²) in [6.07, 6.45) is 1.63. The fourth-order valence-electron chi connectivity index (χ4n) is 1.99. The number of aryl methyl sites for hydroxylation is 1. The number of nitrogens with zero attached hydrogens (tertiary/aromatic N) is 1. The Balaban J connectivity index is 2.09. The first-order chi connectivity index (χ1) is 10.8. The highest BCUT2D eigenvalue weighted by molar-refractivity contribution is 7.89. The molecule has 0 bridgehead atoms. The molecule has 0 fully saturated rings. The molecule has 0 spiro atoms. The Bertz CT molecular complexity index is 824. The Labute approximate surface area is 135 Å². The van der Waals surface area contributed by atoms with Gasteiger partial charge in [-0.3, -0.25) is 4.79 Å². The average Bonchev–Trinajstić information content (AvgIpc) is 2.48. The summed E-state index contributed by atoms with van der Waals surface area (Å²) in [4.78, 5) is 11.5. The summed E-state index contributed by atoms with van der Waals surface area (Å²) in [6, 6.07) is 9.26. The van der Waals surface area contributed by atoms with Crippen LogP contribution in [0.2, 0.25) is 0 Å². The van der Waals surface area contributed by atoms with Gasteiger partial charge in [0.1, 0.15) is 5.75 Å². The van der Waals surface area contributed by atoms with Crippen LogP contribution in [0, 0.1) is 0 Å². The van der Waals surface area contributed by atoms with E-state index in [1.807, 2.05) is 13.8 Å². The van der Waals surface area contributed by atoms with Crippen LogP contribution in [0.15, 0.2) is 52.3 Å². The predicted octanol–water partition coefficient (Wildman–Crippen LogP) is 1.65. The van der Waals surface area contributed by atoms with E-state index in [0.717, 1.165) is 0 Å². The van der Waals surface area contributed by atoms with E-state index in [1.165, 1.54) is 22.8 Å². The highest BCUT2D eigenvalue weighted by atomic mass is 32.2. The van der Waals surface area contributed by atoms with Crippen molar-refractivity contribution in [2.45, 2.75) is 31.4 Å². The molecule has 1 aromatic carbocycles. The molecule has 23 heavy (non-hydrogen) atoms. The summed E-state index contributed by atoms with van der Waals surface area (Å²) in [7, 11) is -2.00. The zero-order chi connectivity index (χ0) is 17.0. The Morgan fingerprint density at radius 2 is 1.78 bits per heavy atom. The van der Waals surface area contributed by atoms with E-state index >= 15 is 0 Å². The van der Waals surface area contributed by atoms with Crippen LogP contribution >= 0.6 is 0 Å². The molecule has 0 unspecified atom stereocenters. The maximum atomic E-state index is 12.3. The molecule has 124 valence electrons. The monoisotopic (exact) mass is 336 g/mol. The molecule has 0 amide bonds. The number of ether oxygens (including phenoxy) is 1. The molecule has 0 saturated carbocycles. The van der Waals surface area contributed by atoms with Crippen LogP contribution in [0.4, 0.5) is 0 Å². The summed E-state index contributed by atoms with van der Waals surface area (Å²) in [5.74, 6) is 0.622. The number of benzene rings is 1. The highest BCUT2D eigenvalue weighted by Crippen LogP contribution is 2.17. The molecule has 1 aromatic heterocycles. The van der Waals surface area contributed by atoms with Gasteiger partial charge in [0.25, 0.3) is 0 Å². The predicted molar refractivity (Wildman–Crippen MR) is 87.9 cm³/mol. The standard InChI is InChI=1S/C16H20N2O4S/c1-12(2)22-14-5-7-15(8-6-14)23(20,21)17-10-13-4-9-16(19)18(3)11-13/h4-9,11-12,17H,10H2,1-3H3. The molecule has 0 aliphatic rings. The van der Waals surface area contributed by atoms with Crippen LogP contribution in [0.5, 0.6) is 5.75 Å². The molecular weight excluding hydrogens is 316 g/mol. The van der Waals surface area contributed by atoms with Crippen LogP contribution < -0.4 is 15.0 Å². The van der Waals surface area contributed by atoms with E-state index in [9.17, 15) is 13.2 Å². The minimum Gasteiger partial charge on any atom is -0.491 e. The summed E-state index contributed by atoms with van der Waals surface area (Å²) in [5, 5.41) is 0. The van der Waals surface area contributed by atoms with E-state index in [1.54, 1.807) is 31.4 Å². The van der Waals surface area contributed by atoms with Crippen LogP contribution in [-0.2, 0) is 23.6 Å². The molecule has 6 nitrogen and oxygen atoms in total. The zero-order valence-corrected chi connectivity index (χ0v) is 14.1. The van der Waals surface area contributed by atoms with Crippen molar-refractivity contribution >= 4 is 10.0 Å². The van der Waals surface area contributed by atoms with Crippen LogP contribution in [0.3, 0.4) is 0 Å². The first kappa shape index (κ1) is 17.2. The van der Waals surface area contributed by atoms with Gasteiger partial charge >= 0.3 is 0 Å². The molecule has 0 aliphatic carbocycles. The number of nitrogens with one attached hydrogen (secondary N) is 1. The molecule has 0 radical (unpaired) electrons. The summed E-state index contributed by atoms with van der Waals surface area (Å²) in [5.41, 5.74) is 0.563. The van der Waals surface area contributed by atoms with E-state index in [2.05, 4.69) is 4.72 Å². The second kappa shape index (κ2) is 6.97. The molecular formula is C16H20N2O4S. The maximum absolute atomic E-state index is 12.3. The smallest absolute Gasteiger partial charge is 0.250 e. The van der Waals surface area contributed by atoms with Crippen molar-refractivity contribution in [1.29, 1.82) is 0 Å². The van der Waals surface area contributed by atoms with Crippen molar-refractivity contribution in [3.63, 3.8) is 0 Å². The first-order valence-electron chi connectivity index (χ1n) is 7.20. The summed E-state index contributed by atoms with van der Waals surface area (Å²) >= 11 is 0. The lowest BCUT2D eigenvalue weighted by Crippen LogP contribution is -2.24. The second-order valence-electron chi connectivity index (χ2n) is 5.45. The average molecular weight is 336 g/mol. The van der Waals surface area contributed by atoms with E-state index in [-0.39, 0.29) is 23.1 Å². The van der Waals surface area contributed by atoms with Crippen molar-refractivity contribution in [1.82, 2.24) is 9.29 Å². The van der Waals surface area contributed by atoms with Gasteiger partial charge in [0.05, 0.1) is 11.0 Å². The van der Waals surface area contributed by atoms with Crippen LogP contribution in [0.1, 0.15) is 19.4 Å². The van der Waals surface area contributed by atoms with E-state index in [4.69, 9.17) is 4.74 Å². The van der Waals surface area contributed by atoms with Gasteiger partial charge in [-0.05, 0) is 43.7 Å². The minimum atomic E-state index is -3.62. The number of rotatable bonds is 6. The highest BCUT2D eigenvalue weighted by Gasteiger charge is 2.14. The lowest BCUT2D eigenvalue weighted by Gasteiger charge is -2.11. The summed E-state index contributed by atoms with van der Waals surface area (Å²) < 4.78 is 33.9. The molecule has 0 saturated heterocycles. The fourth-order valence-corrected chi connectivity index (χ4v) is 3.00. The van der Waals surface area contributed by atoms with Gasteiger partial charge in [0.2, 0.25) is 15.6 Å². The maximum Gasteiger partial charge on any atom is 0.250 e. The number of pyridine rings is 1. The normalized spacial score (nSPS) is 11.7. The third kappa shape index (κ3) is 4.67. The Kier molecular flexibility index (Phi) is 5.23. The van der Waals surface area contributed by atoms with Gasteiger partial charge in [-0.25, -0.2) is 13.1 Å². The molecule has 1 N–H and O–H groups in total. The molecule has 2 rings (SSSR count). The molecule has 1 heterocycles. The second-order valence-corrected chi connectivity index (χ2v) is 7.22. The quantitative estimate of drug-likeness (QED) is 0.870. The number of aromatic nitrogens is 1. The van der Waals surface area contributed by atoms with E-state index < -0.39 is 10.0 Å². The Morgan fingerprint density at radius 3 is 2.35 bits per heavy atom. The van der Waals surface area contributed by atoms with Gasteiger partial charge in [-0.1, -0.05) is 6.07 Å². The van der Waals surface area contributed by atoms with Crippen molar-refractivity contribution in [3.05, 3.63) is 58.5 Å². The minimum absolute atomic E-state index is 0.0281. The van der Waals surface area contributed by atoms with Crippen LogP contribution in [-0.4, -0.2) is 19.1 Å². The lowest BCUT2D eigenvalue weighted by molar-refractivity contribution is 0.242. The SMILES string of the molecule is CC(C)Oc1ccc(S(=O)(=O)NCc2ccc(=O)n(C)c2)cc1. The zero-order valence-electron chi connectivity index (χ0n) is 13.3. The third-order valence-electron chi connectivity index (χ3n) is 3.12. The van der Waals surface area contributed by atoms with Crippen molar-refractivity contribution in [3.8, 4) is 5.75 Å². The van der Waals surface area contributed by atoms with Gasteiger partial charge in [0.15, 0.2) is 0 Å². The first-order valence-corrected chi connectivity index (χ1v) is 8.68.